The molecule has 0 radical (unpaired) electrons. The van der Waals surface area contributed by atoms with Crippen LogP contribution < -0.4 is 11.1 Å². The van der Waals surface area contributed by atoms with Crippen molar-refractivity contribution < 1.29 is 4.79 Å². The molecule has 2 aromatic rings. The second-order valence-corrected chi connectivity index (χ2v) is 3.86. The molecule has 1 heterocycles. The first-order valence-corrected chi connectivity index (χ1v) is 5.29. The van der Waals surface area contributed by atoms with Gasteiger partial charge in [-0.3, -0.25) is 4.79 Å². The fourth-order valence-electron chi connectivity index (χ4n) is 1.63. The number of amides is 1. The Bertz CT molecular complexity index is 504. The van der Waals surface area contributed by atoms with Crippen LogP contribution in [0.2, 0.25) is 0 Å². The molecular formula is C12H15N3O. The number of fused-ring (bicyclic) bond motifs is 1. The fraction of sp³-hybridized carbons (Fsp3) is 0.250. The molecule has 84 valence electrons. The van der Waals surface area contributed by atoms with Gasteiger partial charge in [-0.15, -0.1) is 0 Å². The van der Waals surface area contributed by atoms with Crippen LogP contribution in [0.25, 0.3) is 10.9 Å². The third kappa shape index (κ3) is 1.92. The van der Waals surface area contributed by atoms with Crippen molar-refractivity contribution in [3.63, 3.8) is 0 Å². The van der Waals surface area contributed by atoms with Crippen molar-refractivity contribution >= 4 is 16.8 Å². The summed E-state index contributed by atoms with van der Waals surface area (Å²) in [5.41, 5.74) is 6.99. The lowest BCUT2D eigenvalue weighted by Crippen LogP contribution is -2.37. The van der Waals surface area contributed by atoms with Gasteiger partial charge in [0, 0.05) is 24.2 Å². The summed E-state index contributed by atoms with van der Waals surface area (Å²) in [5, 5.41) is 3.88. The minimum Gasteiger partial charge on any atom is -0.361 e. The second-order valence-electron chi connectivity index (χ2n) is 3.86. The number of carbonyl (C=O) groups excluding carboxylic acids is 1. The van der Waals surface area contributed by atoms with E-state index in [1.807, 2.05) is 31.3 Å². The van der Waals surface area contributed by atoms with Crippen LogP contribution in [0.5, 0.6) is 0 Å². The van der Waals surface area contributed by atoms with Crippen LogP contribution in [0.4, 0.5) is 0 Å². The average Bonchev–Trinajstić information content (AvgIpc) is 2.76. The van der Waals surface area contributed by atoms with E-state index in [0.717, 1.165) is 10.9 Å². The normalized spacial score (nSPS) is 12.6. The zero-order valence-electron chi connectivity index (χ0n) is 9.16. The number of benzene rings is 1. The standard InChI is InChI=1S/C12H15N3O/c1-8(7-13)15-12(16)10-4-2-3-9-5-6-14-11(9)10/h2-6,8,14H,7,13H2,1H3,(H,15,16)/t8-/m1/s1. The molecule has 1 atom stereocenters. The van der Waals surface area contributed by atoms with E-state index in [0.29, 0.717) is 12.1 Å². The van der Waals surface area contributed by atoms with Gasteiger partial charge in [0.2, 0.25) is 0 Å². The van der Waals surface area contributed by atoms with Crippen molar-refractivity contribution in [3.05, 3.63) is 36.0 Å². The lowest BCUT2D eigenvalue weighted by Gasteiger charge is -2.11. The summed E-state index contributed by atoms with van der Waals surface area (Å²) in [6.45, 7) is 2.32. The van der Waals surface area contributed by atoms with Crippen LogP contribution >= 0.6 is 0 Å². The molecule has 0 unspecified atom stereocenters. The Morgan fingerprint density at radius 1 is 1.50 bits per heavy atom. The summed E-state index contributed by atoms with van der Waals surface area (Å²) < 4.78 is 0. The maximum atomic E-state index is 11.9. The van der Waals surface area contributed by atoms with Crippen LogP contribution in [-0.2, 0) is 0 Å². The first-order valence-electron chi connectivity index (χ1n) is 5.29. The zero-order valence-corrected chi connectivity index (χ0v) is 9.16. The number of hydrogen-bond acceptors (Lipinski definition) is 2. The Morgan fingerprint density at radius 3 is 3.06 bits per heavy atom. The van der Waals surface area contributed by atoms with E-state index in [4.69, 9.17) is 5.73 Å². The Labute approximate surface area is 93.8 Å². The molecule has 1 aromatic heterocycles. The SMILES string of the molecule is C[C@H](CN)NC(=O)c1cccc2cc[nH]c12. The zero-order chi connectivity index (χ0) is 11.5. The van der Waals surface area contributed by atoms with Gasteiger partial charge in [0.15, 0.2) is 0 Å². The maximum Gasteiger partial charge on any atom is 0.253 e. The lowest BCUT2D eigenvalue weighted by atomic mass is 10.1. The van der Waals surface area contributed by atoms with Gasteiger partial charge in [-0.1, -0.05) is 12.1 Å². The molecule has 4 N–H and O–H groups in total. The molecule has 0 fully saturated rings. The van der Waals surface area contributed by atoms with Gasteiger partial charge < -0.3 is 16.0 Å². The van der Waals surface area contributed by atoms with Crippen molar-refractivity contribution in [2.24, 2.45) is 5.73 Å². The largest absolute Gasteiger partial charge is 0.361 e. The van der Waals surface area contributed by atoms with E-state index >= 15 is 0 Å². The number of nitrogens with one attached hydrogen (secondary N) is 2. The predicted molar refractivity (Wildman–Crippen MR) is 64.3 cm³/mol. The second kappa shape index (κ2) is 4.37. The van der Waals surface area contributed by atoms with Crippen LogP contribution in [0, 0.1) is 0 Å². The summed E-state index contributed by atoms with van der Waals surface area (Å²) in [6, 6.07) is 7.57. The number of hydrogen-bond donors (Lipinski definition) is 3. The molecule has 0 aliphatic heterocycles. The molecule has 0 spiro atoms. The first kappa shape index (κ1) is 10.7. The topological polar surface area (TPSA) is 70.9 Å². The molecule has 4 heteroatoms. The first-order chi connectivity index (χ1) is 7.72. The molecule has 0 aliphatic rings. The summed E-state index contributed by atoms with van der Waals surface area (Å²) in [4.78, 5) is 15.0. The smallest absolute Gasteiger partial charge is 0.253 e. The highest BCUT2D eigenvalue weighted by Crippen LogP contribution is 2.16. The Hall–Kier alpha value is -1.81. The predicted octanol–water partition coefficient (Wildman–Crippen LogP) is 1.24. The highest BCUT2D eigenvalue weighted by atomic mass is 16.1. The average molecular weight is 217 g/mol. The van der Waals surface area contributed by atoms with Gasteiger partial charge in [-0.25, -0.2) is 0 Å². The highest BCUT2D eigenvalue weighted by molar-refractivity contribution is 6.05. The molecule has 0 aliphatic carbocycles. The van der Waals surface area contributed by atoms with Crippen molar-refractivity contribution in [2.75, 3.05) is 6.54 Å². The number of carbonyl (C=O) groups is 1. The molecule has 1 amide bonds. The molecule has 0 saturated carbocycles. The molecule has 0 bridgehead atoms. The summed E-state index contributed by atoms with van der Waals surface area (Å²) >= 11 is 0. The Balaban J connectivity index is 2.32. The molecule has 4 nitrogen and oxygen atoms in total. The number of aromatic amines is 1. The van der Waals surface area contributed by atoms with E-state index < -0.39 is 0 Å². The number of aromatic nitrogens is 1. The monoisotopic (exact) mass is 217 g/mol. The van der Waals surface area contributed by atoms with Crippen LogP contribution in [0.15, 0.2) is 30.5 Å². The minimum absolute atomic E-state index is 0.0160. The van der Waals surface area contributed by atoms with E-state index in [1.54, 1.807) is 6.07 Å². The van der Waals surface area contributed by atoms with Crippen molar-refractivity contribution in [1.29, 1.82) is 0 Å². The maximum absolute atomic E-state index is 11.9. The van der Waals surface area contributed by atoms with Crippen molar-refractivity contribution in [2.45, 2.75) is 13.0 Å². The van der Waals surface area contributed by atoms with Gasteiger partial charge in [-0.2, -0.15) is 0 Å². The van der Waals surface area contributed by atoms with Crippen LogP contribution in [0.1, 0.15) is 17.3 Å². The van der Waals surface area contributed by atoms with E-state index in [-0.39, 0.29) is 11.9 Å². The molecular weight excluding hydrogens is 202 g/mol. The summed E-state index contributed by atoms with van der Waals surface area (Å²) in [7, 11) is 0. The quantitative estimate of drug-likeness (QED) is 0.724. The van der Waals surface area contributed by atoms with Gasteiger partial charge in [0.25, 0.3) is 5.91 Å². The third-order valence-corrected chi connectivity index (χ3v) is 2.56. The minimum atomic E-state index is -0.0917. The van der Waals surface area contributed by atoms with Crippen molar-refractivity contribution in [3.8, 4) is 0 Å². The van der Waals surface area contributed by atoms with E-state index in [9.17, 15) is 4.79 Å². The van der Waals surface area contributed by atoms with E-state index in [2.05, 4.69) is 10.3 Å². The van der Waals surface area contributed by atoms with Gasteiger partial charge in [0.05, 0.1) is 11.1 Å². The number of rotatable bonds is 3. The fourth-order valence-corrected chi connectivity index (χ4v) is 1.63. The van der Waals surface area contributed by atoms with Gasteiger partial charge in [0.1, 0.15) is 0 Å². The summed E-state index contributed by atoms with van der Waals surface area (Å²) in [6.07, 6.45) is 1.83. The summed E-state index contributed by atoms with van der Waals surface area (Å²) in [5.74, 6) is -0.0917. The van der Waals surface area contributed by atoms with Crippen LogP contribution in [-0.4, -0.2) is 23.5 Å². The third-order valence-electron chi connectivity index (χ3n) is 2.56. The molecule has 16 heavy (non-hydrogen) atoms. The van der Waals surface area contributed by atoms with Crippen molar-refractivity contribution in [1.82, 2.24) is 10.3 Å². The number of H-pyrrole nitrogens is 1. The van der Waals surface area contributed by atoms with Gasteiger partial charge in [-0.05, 0) is 19.1 Å². The molecule has 0 saturated heterocycles. The van der Waals surface area contributed by atoms with Crippen LogP contribution in [0.3, 0.4) is 0 Å². The lowest BCUT2D eigenvalue weighted by molar-refractivity contribution is 0.0943. The molecule has 1 aromatic carbocycles. The van der Waals surface area contributed by atoms with E-state index in [1.165, 1.54) is 0 Å². The van der Waals surface area contributed by atoms with Gasteiger partial charge >= 0.3 is 0 Å². The Kier molecular flexibility index (Phi) is 2.92. The molecule has 2 rings (SSSR count). The number of para-hydroxylation sites is 1. The highest BCUT2D eigenvalue weighted by Gasteiger charge is 2.12. The number of nitrogens with two attached hydrogens (primary N) is 1. The Morgan fingerprint density at radius 2 is 2.31 bits per heavy atom.